The standard InChI is InChI=1S/C10H9F3O2/c11-10(12,13)9(14)7-3-1-2-6-4-5-15-8(6)7/h1-3,9,14H,4-5H2. The summed E-state index contributed by atoms with van der Waals surface area (Å²) in [6.07, 6.45) is -6.53. The van der Waals surface area contributed by atoms with Crippen LogP contribution >= 0.6 is 0 Å². The molecule has 0 saturated heterocycles. The molecule has 2 rings (SSSR count). The zero-order valence-corrected chi connectivity index (χ0v) is 7.71. The highest BCUT2D eigenvalue weighted by atomic mass is 19.4. The molecule has 0 radical (unpaired) electrons. The monoisotopic (exact) mass is 218 g/mol. The summed E-state index contributed by atoms with van der Waals surface area (Å²) in [5.74, 6) is 0.183. The van der Waals surface area contributed by atoms with Crippen LogP contribution in [0.15, 0.2) is 18.2 Å². The second-order valence-electron chi connectivity index (χ2n) is 3.38. The van der Waals surface area contributed by atoms with Crippen molar-refractivity contribution in [1.82, 2.24) is 0 Å². The molecule has 1 aromatic rings. The largest absolute Gasteiger partial charge is 0.493 e. The van der Waals surface area contributed by atoms with Crippen molar-refractivity contribution in [2.24, 2.45) is 0 Å². The summed E-state index contributed by atoms with van der Waals surface area (Å²) in [4.78, 5) is 0. The van der Waals surface area contributed by atoms with E-state index in [-0.39, 0.29) is 11.3 Å². The third kappa shape index (κ3) is 1.79. The van der Waals surface area contributed by atoms with Crippen LogP contribution in [0.4, 0.5) is 13.2 Å². The molecule has 0 bridgehead atoms. The maximum atomic E-state index is 12.3. The molecule has 0 aliphatic carbocycles. The fraction of sp³-hybridized carbons (Fsp3) is 0.400. The predicted molar refractivity (Wildman–Crippen MR) is 46.7 cm³/mol. The molecule has 0 aromatic heterocycles. The van der Waals surface area contributed by atoms with Crippen LogP contribution in [0.5, 0.6) is 5.75 Å². The molecule has 5 heteroatoms. The molecule has 1 aromatic carbocycles. The van der Waals surface area contributed by atoms with E-state index in [4.69, 9.17) is 9.84 Å². The molecule has 82 valence electrons. The van der Waals surface area contributed by atoms with Gasteiger partial charge in [-0.3, -0.25) is 0 Å². The number of aliphatic hydroxyl groups is 1. The van der Waals surface area contributed by atoms with Gasteiger partial charge in [0.25, 0.3) is 0 Å². The number of aliphatic hydroxyl groups excluding tert-OH is 1. The second-order valence-corrected chi connectivity index (χ2v) is 3.38. The van der Waals surface area contributed by atoms with E-state index in [1.807, 2.05) is 0 Å². The quantitative estimate of drug-likeness (QED) is 0.783. The number of hydrogen-bond donors (Lipinski definition) is 1. The Hall–Kier alpha value is -1.23. The van der Waals surface area contributed by atoms with Gasteiger partial charge in [-0.25, -0.2) is 0 Å². The predicted octanol–water partition coefficient (Wildman–Crippen LogP) is 2.22. The Kier molecular flexibility index (Phi) is 2.34. The molecule has 1 N–H and O–H groups in total. The van der Waals surface area contributed by atoms with Gasteiger partial charge in [0.2, 0.25) is 0 Å². The fourth-order valence-corrected chi connectivity index (χ4v) is 1.63. The van der Waals surface area contributed by atoms with Crippen molar-refractivity contribution in [2.75, 3.05) is 6.61 Å². The lowest BCUT2D eigenvalue weighted by Crippen LogP contribution is -2.20. The molecule has 15 heavy (non-hydrogen) atoms. The molecule has 0 saturated carbocycles. The van der Waals surface area contributed by atoms with E-state index in [0.29, 0.717) is 13.0 Å². The van der Waals surface area contributed by atoms with E-state index in [9.17, 15) is 13.2 Å². The number of halogens is 3. The number of fused-ring (bicyclic) bond motifs is 1. The van der Waals surface area contributed by atoms with Crippen molar-refractivity contribution in [1.29, 1.82) is 0 Å². The molecule has 0 amide bonds. The molecule has 2 nitrogen and oxygen atoms in total. The van der Waals surface area contributed by atoms with Gasteiger partial charge >= 0.3 is 6.18 Å². The highest BCUT2D eigenvalue weighted by Gasteiger charge is 2.41. The topological polar surface area (TPSA) is 29.5 Å². The van der Waals surface area contributed by atoms with Gasteiger partial charge in [-0.1, -0.05) is 18.2 Å². The molecular formula is C10H9F3O2. The molecule has 1 aliphatic rings. The van der Waals surface area contributed by atoms with E-state index >= 15 is 0 Å². The Labute approximate surface area is 84.3 Å². The smallest absolute Gasteiger partial charge is 0.418 e. The molecule has 0 fully saturated rings. The fourth-order valence-electron chi connectivity index (χ4n) is 1.63. The average Bonchev–Trinajstić information content (AvgIpc) is 2.62. The zero-order chi connectivity index (χ0) is 11.1. The van der Waals surface area contributed by atoms with Crippen molar-refractivity contribution < 1.29 is 23.0 Å². The first-order valence-corrected chi connectivity index (χ1v) is 4.49. The number of benzene rings is 1. The van der Waals surface area contributed by atoms with Crippen molar-refractivity contribution in [3.8, 4) is 5.75 Å². The van der Waals surface area contributed by atoms with Crippen LogP contribution in [0.2, 0.25) is 0 Å². The molecule has 1 heterocycles. The lowest BCUT2D eigenvalue weighted by molar-refractivity contribution is -0.207. The molecule has 1 atom stereocenters. The summed E-state index contributed by atoms with van der Waals surface area (Å²) < 4.78 is 42.0. The Bertz CT molecular complexity index is 373. The Morgan fingerprint density at radius 1 is 1.33 bits per heavy atom. The summed E-state index contributed by atoms with van der Waals surface area (Å²) in [5.41, 5.74) is 0.522. The summed E-state index contributed by atoms with van der Waals surface area (Å²) >= 11 is 0. The van der Waals surface area contributed by atoms with E-state index in [0.717, 1.165) is 5.56 Å². The number of hydrogen-bond acceptors (Lipinski definition) is 2. The van der Waals surface area contributed by atoms with Gasteiger partial charge in [-0.05, 0) is 5.56 Å². The van der Waals surface area contributed by atoms with Gasteiger partial charge in [0.05, 0.1) is 6.61 Å². The van der Waals surface area contributed by atoms with E-state index < -0.39 is 12.3 Å². The van der Waals surface area contributed by atoms with Gasteiger partial charge in [0.1, 0.15) is 5.75 Å². The molecule has 1 aliphatic heterocycles. The maximum absolute atomic E-state index is 12.3. The highest BCUT2D eigenvalue weighted by molar-refractivity contribution is 5.45. The van der Waals surface area contributed by atoms with E-state index in [2.05, 4.69) is 0 Å². The van der Waals surface area contributed by atoms with Crippen LogP contribution in [-0.2, 0) is 6.42 Å². The van der Waals surface area contributed by atoms with Crippen molar-refractivity contribution in [3.63, 3.8) is 0 Å². The van der Waals surface area contributed by atoms with Crippen LogP contribution < -0.4 is 4.74 Å². The summed E-state index contributed by atoms with van der Waals surface area (Å²) in [7, 11) is 0. The van der Waals surface area contributed by atoms with Crippen LogP contribution in [0, 0.1) is 0 Å². The summed E-state index contributed by atoms with van der Waals surface area (Å²) in [6.45, 7) is 0.372. The first kappa shape index (κ1) is 10.3. The van der Waals surface area contributed by atoms with Gasteiger partial charge in [0, 0.05) is 12.0 Å². The third-order valence-electron chi connectivity index (χ3n) is 2.35. The summed E-state index contributed by atoms with van der Waals surface area (Å²) in [6, 6.07) is 4.44. The normalized spacial score (nSPS) is 17.1. The molecule has 0 spiro atoms. The number of para-hydroxylation sites is 1. The Balaban J connectivity index is 2.41. The van der Waals surface area contributed by atoms with Crippen LogP contribution in [0.25, 0.3) is 0 Å². The average molecular weight is 218 g/mol. The number of rotatable bonds is 1. The third-order valence-corrected chi connectivity index (χ3v) is 2.35. The minimum absolute atomic E-state index is 0.183. The second kappa shape index (κ2) is 3.41. The Morgan fingerprint density at radius 2 is 2.07 bits per heavy atom. The van der Waals surface area contributed by atoms with Crippen molar-refractivity contribution in [2.45, 2.75) is 18.7 Å². The van der Waals surface area contributed by atoms with Crippen LogP contribution in [0.1, 0.15) is 17.2 Å². The minimum atomic E-state index is -4.65. The SMILES string of the molecule is OC(c1cccc2c1OCC2)C(F)(F)F. The van der Waals surface area contributed by atoms with Gasteiger partial charge in [-0.15, -0.1) is 0 Å². The van der Waals surface area contributed by atoms with Gasteiger partial charge < -0.3 is 9.84 Å². The van der Waals surface area contributed by atoms with Gasteiger partial charge in [0.15, 0.2) is 6.10 Å². The van der Waals surface area contributed by atoms with Crippen LogP contribution in [0.3, 0.4) is 0 Å². The van der Waals surface area contributed by atoms with E-state index in [1.54, 1.807) is 6.07 Å². The van der Waals surface area contributed by atoms with Crippen LogP contribution in [-0.4, -0.2) is 17.9 Å². The minimum Gasteiger partial charge on any atom is -0.493 e. The first-order valence-electron chi connectivity index (χ1n) is 4.49. The number of ether oxygens (including phenoxy) is 1. The van der Waals surface area contributed by atoms with Crippen molar-refractivity contribution >= 4 is 0 Å². The highest BCUT2D eigenvalue weighted by Crippen LogP contribution is 2.40. The molecular weight excluding hydrogens is 209 g/mol. The van der Waals surface area contributed by atoms with E-state index in [1.165, 1.54) is 12.1 Å². The first-order chi connectivity index (χ1) is 7.00. The summed E-state index contributed by atoms with van der Waals surface area (Å²) in [5, 5.41) is 9.12. The lowest BCUT2D eigenvalue weighted by atomic mass is 10.0. The lowest BCUT2D eigenvalue weighted by Gasteiger charge is -2.17. The molecule has 1 unspecified atom stereocenters. The Morgan fingerprint density at radius 3 is 2.73 bits per heavy atom. The van der Waals surface area contributed by atoms with Crippen molar-refractivity contribution in [3.05, 3.63) is 29.3 Å². The van der Waals surface area contributed by atoms with Gasteiger partial charge in [-0.2, -0.15) is 13.2 Å². The number of alkyl halides is 3. The maximum Gasteiger partial charge on any atom is 0.418 e. The zero-order valence-electron chi connectivity index (χ0n) is 7.71.